The second-order valence-electron chi connectivity index (χ2n) is 7.05. The molecule has 0 radical (unpaired) electrons. The summed E-state index contributed by atoms with van der Waals surface area (Å²) in [5.74, 6) is -5.66. The maximum atomic E-state index is 12.7. The van der Waals surface area contributed by atoms with E-state index in [2.05, 4.69) is 0 Å². The van der Waals surface area contributed by atoms with Gasteiger partial charge in [-0.2, -0.15) is 0 Å². The van der Waals surface area contributed by atoms with Gasteiger partial charge in [-0.25, -0.2) is 4.79 Å². The molecule has 24 heavy (non-hydrogen) atoms. The molecular weight excluding hydrogens is 314 g/mol. The Hall–Kier alpha value is -1.47. The highest BCUT2D eigenvalue weighted by molar-refractivity contribution is 6.39. The third-order valence-electron chi connectivity index (χ3n) is 5.33. The summed E-state index contributed by atoms with van der Waals surface area (Å²) >= 11 is 0. The smallest absolute Gasteiger partial charge is 0.326 e. The van der Waals surface area contributed by atoms with Crippen molar-refractivity contribution in [2.24, 2.45) is 11.8 Å². The van der Waals surface area contributed by atoms with E-state index < -0.39 is 35.4 Å². The van der Waals surface area contributed by atoms with E-state index in [4.69, 9.17) is 4.74 Å². The summed E-state index contributed by atoms with van der Waals surface area (Å²) in [6, 6.07) is -1.02. The number of hydrogen-bond acceptors (Lipinski definition) is 5. The zero-order valence-corrected chi connectivity index (χ0v) is 14.5. The molecule has 0 aromatic rings. The van der Waals surface area contributed by atoms with Crippen LogP contribution in [0.4, 0.5) is 0 Å². The average molecular weight is 341 g/mol. The maximum Gasteiger partial charge on any atom is 0.326 e. The van der Waals surface area contributed by atoms with Crippen LogP contribution in [0.15, 0.2) is 0 Å². The van der Waals surface area contributed by atoms with Crippen molar-refractivity contribution >= 4 is 17.7 Å². The number of ketones is 1. The van der Waals surface area contributed by atoms with Crippen molar-refractivity contribution in [2.75, 3.05) is 6.54 Å². The number of amides is 1. The second-order valence-corrected chi connectivity index (χ2v) is 7.05. The molecule has 7 nitrogen and oxygen atoms in total. The van der Waals surface area contributed by atoms with Gasteiger partial charge in [0.2, 0.25) is 5.79 Å². The van der Waals surface area contributed by atoms with E-state index in [1.165, 1.54) is 0 Å². The summed E-state index contributed by atoms with van der Waals surface area (Å²) < 4.78 is 5.63. The zero-order chi connectivity index (χ0) is 18.1. The van der Waals surface area contributed by atoms with Crippen molar-refractivity contribution in [3.05, 3.63) is 0 Å². The molecular formula is C17H27NO6. The third-order valence-corrected chi connectivity index (χ3v) is 5.33. The van der Waals surface area contributed by atoms with Crippen molar-refractivity contribution in [2.45, 2.75) is 70.8 Å². The van der Waals surface area contributed by atoms with E-state index in [0.29, 0.717) is 32.1 Å². The summed E-state index contributed by atoms with van der Waals surface area (Å²) in [5.41, 5.74) is 0. The Morgan fingerprint density at radius 3 is 2.50 bits per heavy atom. The van der Waals surface area contributed by atoms with Gasteiger partial charge in [-0.05, 0) is 38.0 Å². The molecule has 5 atom stereocenters. The molecule has 1 amide bonds. The van der Waals surface area contributed by atoms with Crippen molar-refractivity contribution < 1.29 is 29.3 Å². The van der Waals surface area contributed by atoms with E-state index in [-0.39, 0.29) is 18.6 Å². The number of piperidine rings is 1. The lowest BCUT2D eigenvalue weighted by atomic mass is 9.81. The Morgan fingerprint density at radius 1 is 1.25 bits per heavy atom. The molecule has 2 N–H and O–H groups in total. The molecule has 0 aliphatic carbocycles. The number of aliphatic hydroxyl groups is 1. The van der Waals surface area contributed by atoms with Crippen LogP contribution in [0, 0.1) is 11.8 Å². The second kappa shape index (κ2) is 7.19. The van der Waals surface area contributed by atoms with Gasteiger partial charge in [0.25, 0.3) is 11.7 Å². The average Bonchev–Trinajstić information content (AvgIpc) is 2.56. The van der Waals surface area contributed by atoms with Crippen LogP contribution in [0.25, 0.3) is 0 Å². The summed E-state index contributed by atoms with van der Waals surface area (Å²) in [6.07, 6.45) is 2.54. The Bertz CT molecular complexity index is 521. The van der Waals surface area contributed by atoms with Gasteiger partial charge in [-0.1, -0.05) is 20.8 Å². The number of aliphatic carboxylic acids is 1. The van der Waals surface area contributed by atoms with Crippen LogP contribution in [-0.4, -0.2) is 57.3 Å². The van der Waals surface area contributed by atoms with Crippen LogP contribution in [0.3, 0.4) is 0 Å². The molecule has 136 valence electrons. The van der Waals surface area contributed by atoms with Gasteiger partial charge < -0.3 is 19.8 Å². The van der Waals surface area contributed by atoms with Gasteiger partial charge in [0.1, 0.15) is 6.04 Å². The minimum atomic E-state index is -2.18. The third kappa shape index (κ3) is 3.32. The summed E-state index contributed by atoms with van der Waals surface area (Å²) in [5, 5.41) is 20.1. The van der Waals surface area contributed by atoms with Crippen LogP contribution in [0.1, 0.15) is 52.9 Å². The number of carboxylic acids is 1. The van der Waals surface area contributed by atoms with E-state index in [9.17, 15) is 24.6 Å². The Labute approximate surface area is 142 Å². The molecule has 0 aromatic heterocycles. The summed E-state index contributed by atoms with van der Waals surface area (Å²) in [4.78, 5) is 37.7. The van der Waals surface area contributed by atoms with Gasteiger partial charge in [-0.3, -0.25) is 9.59 Å². The van der Waals surface area contributed by atoms with Gasteiger partial charge >= 0.3 is 5.97 Å². The fourth-order valence-electron chi connectivity index (χ4n) is 3.81. The molecule has 0 bridgehead atoms. The summed E-state index contributed by atoms with van der Waals surface area (Å²) in [6.45, 7) is 5.77. The van der Waals surface area contributed by atoms with Crippen LogP contribution < -0.4 is 0 Å². The number of ether oxygens (including phenoxy) is 1. The first-order valence-corrected chi connectivity index (χ1v) is 8.70. The SMILES string of the molecule is CCC1O[C@@](O)(C(=O)C(=O)N2CCCC[C@H]2C(=O)O)[C@H](C)CC1C. The highest BCUT2D eigenvalue weighted by Crippen LogP contribution is 2.38. The number of hydrogen-bond donors (Lipinski definition) is 2. The Kier molecular flexibility index (Phi) is 5.65. The minimum absolute atomic E-state index is 0.176. The van der Waals surface area contributed by atoms with Crippen LogP contribution in [0.5, 0.6) is 0 Å². The van der Waals surface area contributed by atoms with E-state index >= 15 is 0 Å². The molecule has 2 unspecified atom stereocenters. The standard InChI is InChI=1S/C17H27NO6/c1-4-13-10(2)9-11(3)17(23,24-13)14(19)15(20)18-8-6-5-7-12(18)16(21)22/h10-13,23H,4-9H2,1-3H3,(H,21,22)/t10?,11-,12+,13?,17-/m1/s1. The van der Waals surface area contributed by atoms with Crippen LogP contribution >= 0.6 is 0 Å². The monoisotopic (exact) mass is 341 g/mol. The van der Waals surface area contributed by atoms with E-state index in [0.717, 1.165) is 4.90 Å². The quantitative estimate of drug-likeness (QED) is 0.744. The number of carboxylic acid groups (broad SMARTS) is 1. The molecule has 0 aromatic carbocycles. The van der Waals surface area contributed by atoms with Crippen molar-refractivity contribution in [1.82, 2.24) is 4.90 Å². The predicted molar refractivity (Wildman–Crippen MR) is 85.1 cm³/mol. The minimum Gasteiger partial charge on any atom is -0.480 e. The van der Waals surface area contributed by atoms with Gasteiger partial charge in [-0.15, -0.1) is 0 Å². The molecule has 0 saturated carbocycles. The first-order chi connectivity index (χ1) is 11.2. The number of Topliss-reactive ketones (excluding diaryl/α,β-unsaturated/α-hetero) is 1. The highest BCUT2D eigenvalue weighted by atomic mass is 16.6. The lowest BCUT2D eigenvalue weighted by Gasteiger charge is -2.44. The van der Waals surface area contributed by atoms with Crippen molar-refractivity contribution in [1.29, 1.82) is 0 Å². The van der Waals surface area contributed by atoms with Crippen LogP contribution in [-0.2, 0) is 19.1 Å². The lowest BCUT2D eigenvalue weighted by molar-refractivity contribution is -0.274. The summed E-state index contributed by atoms with van der Waals surface area (Å²) in [7, 11) is 0. The Balaban J connectivity index is 2.22. The van der Waals surface area contributed by atoms with E-state index in [1.54, 1.807) is 6.92 Å². The van der Waals surface area contributed by atoms with E-state index in [1.807, 2.05) is 13.8 Å². The molecule has 0 spiro atoms. The largest absolute Gasteiger partial charge is 0.480 e. The normalized spacial score (nSPS) is 37.1. The van der Waals surface area contributed by atoms with Crippen molar-refractivity contribution in [3.63, 3.8) is 0 Å². The van der Waals surface area contributed by atoms with Crippen molar-refractivity contribution in [3.8, 4) is 0 Å². The topological polar surface area (TPSA) is 104 Å². The molecule has 2 rings (SSSR count). The molecule has 2 aliphatic heterocycles. The molecule has 2 heterocycles. The number of nitrogens with zero attached hydrogens (tertiary/aromatic N) is 1. The number of carbonyl (C=O) groups excluding carboxylic acids is 2. The number of rotatable bonds is 4. The molecule has 2 aliphatic rings. The fraction of sp³-hybridized carbons (Fsp3) is 0.824. The number of carbonyl (C=O) groups is 3. The molecule has 7 heteroatoms. The zero-order valence-electron chi connectivity index (χ0n) is 14.5. The first-order valence-electron chi connectivity index (χ1n) is 8.70. The number of likely N-dealkylation sites (tertiary alicyclic amines) is 1. The lowest BCUT2D eigenvalue weighted by Crippen LogP contribution is -2.61. The van der Waals surface area contributed by atoms with Crippen LogP contribution in [0.2, 0.25) is 0 Å². The first kappa shape index (κ1) is 18.9. The molecule has 2 fully saturated rings. The molecule has 2 saturated heterocycles. The van der Waals surface area contributed by atoms with Gasteiger partial charge in [0.05, 0.1) is 6.10 Å². The Morgan fingerprint density at radius 2 is 1.92 bits per heavy atom. The highest BCUT2D eigenvalue weighted by Gasteiger charge is 2.53. The maximum absolute atomic E-state index is 12.7. The van der Waals surface area contributed by atoms with Gasteiger partial charge in [0, 0.05) is 12.5 Å². The van der Waals surface area contributed by atoms with Gasteiger partial charge in [0.15, 0.2) is 0 Å². The predicted octanol–water partition coefficient (Wildman–Crippen LogP) is 1.18. The fourth-order valence-corrected chi connectivity index (χ4v) is 3.81.